The fourth-order valence-corrected chi connectivity index (χ4v) is 6.09. The van der Waals surface area contributed by atoms with E-state index in [1.54, 1.807) is 18.3 Å². The molecule has 0 radical (unpaired) electrons. The number of hydrogen-bond acceptors (Lipinski definition) is 4. The van der Waals surface area contributed by atoms with Gasteiger partial charge in [-0.15, -0.1) is 11.3 Å². The van der Waals surface area contributed by atoms with Gasteiger partial charge in [0.2, 0.25) is 0 Å². The Labute approximate surface area is 181 Å². The fourth-order valence-electron chi connectivity index (χ4n) is 3.64. The lowest BCUT2D eigenvalue weighted by Crippen LogP contribution is -2.45. The van der Waals surface area contributed by atoms with Crippen molar-refractivity contribution in [3.8, 4) is 10.4 Å². The molecule has 0 saturated heterocycles. The molecule has 1 aromatic heterocycles. The lowest BCUT2D eigenvalue weighted by atomic mass is 9.93. The van der Waals surface area contributed by atoms with Gasteiger partial charge in [-0.1, -0.05) is 51.1 Å². The van der Waals surface area contributed by atoms with Crippen molar-refractivity contribution in [3.05, 3.63) is 41.3 Å². The van der Waals surface area contributed by atoms with Gasteiger partial charge >= 0.3 is 0 Å². The van der Waals surface area contributed by atoms with Crippen molar-refractivity contribution in [2.45, 2.75) is 83.7 Å². The Hall–Kier alpha value is -1.43. The molecule has 1 saturated carbocycles. The van der Waals surface area contributed by atoms with Crippen LogP contribution in [0.15, 0.2) is 36.4 Å². The van der Waals surface area contributed by atoms with E-state index in [0.717, 1.165) is 41.1 Å². The zero-order valence-electron chi connectivity index (χ0n) is 18.7. The number of carbonyl (C=O) groups is 1. The lowest BCUT2D eigenvalue weighted by molar-refractivity contribution is 0.102. The standard InChI is InChI=1S/C24H35NO2SSi/c1-17(26)23-21(16-22(28-23)18-10-8-7-9-11-18)25-19-12-14-20(15-13-19)27-29(5,6)24(2,3)4/h7-11,16,19-20,25H,12-15H2,1-6H3. The second-order valence-corrected chi connectivity index (χ2v) is 15.6. The van der Waals surface area contributed by atoms with Crippen LogP contribution in [-0.2, 0) is 4.43 Å². The fraction of sp³-hybridized carbons (Fsp3) is 0.542. The normalized spacial score (nSPS) is 20.5. The van der Waals surface area contributed by atoms with Gasteiger partial charge in [-0.25, -0.2) is 0 Å². The summed E-state index contributed by atoms with van der Waals surface area (Å²) in [5.74, 6) is 0.134. The van der Waals surface area contributed by atoms with Crippen molar-refractivity contribution in [2.75, 3.05) is 5.32 Å². The maximum atomic E-state index is 12.2. The van der Waals surface area contributed by atoms with Crippen molar-refractivity contribution >= 4 is 31.1 Å². The van der Waals surface area contributed by atoms with Crippen LogP contribution in [0, 0.1) is 0 Å². The molecule has 0 unspecified atom stereocenters. The molecule has 1 aliphatic rings. The van der Waals surface area contributed by atoms with Gasteiger partial charge < -0.3 is 9.74 Å². The molecule has 3 nitrogen and oxygen atoms in total. The highest BCUT2D eigenvalue weighted by atomic mass is 32.1. The van der Waals surface area contributed by atoms with Gasteiger partial charge in [0.05, 0.1) is 10.6 Å². The first kappa shape index (κ1) is 22.3. The van der Waals surface area contributed by atoms with Gasteiger partial charge in [-0.2, -0.15) is 0 Å². The number of hydrogen-bond donors (Lipinski definition) is 1. The Bertz CT molecular complexity index is 830. The van der Waals surface area contributed by atoms with Crippen LogP contribution in [0.5, 0.6) is 0 Å². The Kier molecular flexibility index (Phi) is 6.71. The third kappa shape index (κ3) is 5.38. The van der Waals surface area contributed by atoms with E-state index < -0.39 is 8.32 Å². The van der Waals surface area contributed by atoms with Crippen molar-refractivity contribution in [1.82, 2.24) is 0 Å². The largest absolute Gasteiger partial charge is 0.414 e. The molecule has 5 heteroatoms. The monoisotopic (exact) mass is 429 g/mol. The number of Topliss-reactive ketones (excluding diaryl/α,β-unsaturated/α-hetero) is 1. The molecule has 0 amide bonds. The highest BCUT2D eigenvalue weighted by Gasteiger charge is 2.39. The number of rotatable bonds is 6. The molecule has 158 valence electrons. The predicted molar refractivity (Wildman–Crippen MR) is 128 cm³/mol. The Morgan fingerprint density at radius 3 is 2.28 bits per heavy atom. The number of benzene rings is 1. The Morgan fingerprint density at radius 2 is 1.72 bits per heavy atom. The van der Waals surface area contributed by atoms with Gasteiger partial charge in [0, 0.05) is 23.9 Å². The van der Waals surface area contributed by atoms with Gasteiger partial charge in [0.15, 0.2) is 14.1 Å². The zero-order valence-corrected chi connectivity index (χ0v) is 20.5. The highest BCUT2D eigenvalue weighted by Crippen LogP contribution is 2.40. The van der Waals surface area contributed by atoms with E-state index in [4.69, 9.17) is 4.43 Å². The number of thiophene rings is 1. The molecule has 1 fully saturated rings. The summed E-state index contributed by atoms with van der Waals surface area (Å²) in [4.78, 5) is 14.2. The lowest BCUT2D eigenvalue weighted by Gasteiger charge is -2.41. The number of nitrogens with one attached hydrogen (secondary N) is 1. The second-order valence-electron chi connectivity index (χ2n) is 9.77. The molecule has 0 bridgehead atoms. The van der Waals surface area contributed by atoms with Crippen molar-refractivity contribution in [2.24, 2.45) is 0 Å². The molecular weight excluding hydrogens is 394 g/mol. The molecule has 1 aliphatic carbocycles. The van der Waals surface area contributed by atoms with E-state index in [1.807, 2.05) is 18.2 Å². The van der Waals surface area contributed by atoms with Crippen LogP contribution in [-0.4, -0.2) is 26.2 Å². The van der Waals surface area contributed by atoms with Crippen LogP contribution in [0.2, 0.25) is 18.1 Å². The van der Waals surface area contributed by atoms with Gasteiger partial charge in [0.1, 0.15) is 0 Å². The van der Waals surface area contributed by atoms with E-state index in [9.17, 15) is 4.79 Å². The van der Waals surface area contributed by atoms with Crippen LogP contribution in [0.4, 0.5) is 5.69 Å². The summed E-state index contributed by atoms with van der Waals surface area (Å²) in [6, 6.07) is 12.9. The third-order valence-corrected chi connectivity index (χ3v) is 12.2. The maximum absolute atomic E-state index is 12.2. The molecular formula is C24H35NO2SSi. The first-order chi connectivity index (χ1) is 13.6. The van der Waals surface area contributed by atoms with Gasteiger partial charge in [0.25, 0.3) is 0 Å². The topological polar surface area (TPSA) is 38.3 Å². The molecule has 0 aliphatic heterocycles. The zero-order chi connectivity index (χ0) is 21.2. The molecule has 1 aromatic carbocycles. The molecule has 0 spiro atoms. The minimum absolute atomic E-state index is 0.134. The second kappa shape index (κ2) is 8.74. The summed E-state index contributed by atoms with van der Waals surface area (Å²) in [5.41, 5.74) is 2.16. The van der Waals surface area contributed by atoms with Crippen LogP contribution < -0.4 is 5.32 Å². The van der Waals surface area contributed by atoms with E-state index in [1.165, 1.54) is 5.56 Å². The summed E-state index contributed by atoms with van der Waals surface area (Å²) >= 11 is 1.59. The van der Waals surface area contributed by atoms with E-state index >= 15 is 0 Å². The molecule has 2 aromatic rings. The third-order valence-electron chi connectivity index (χ3n) is 6.41. The minimum Gasteiger partial charge on any atom is -0.414 e. The Morgan fingerprint density at radius 1 is 1.10 bits per heavy atom. The smallest absolute Gasteiger partial charge is 0.192 e. The average molecular weight is 430 g/mol. The SMILES string of the molecule is CC(=O)c1sc(-c2ccccc2)cc1NC1CCC(O[Si](C)(C)C(C)(C)C)CC1. The van der Waals surface area contributed by atoms with Crippen molar-refractivity contribution in [3.63, 3.8) is 0 Å². The van der Waals surface area contributed by atoms with E-state index in [-0.39, 0.29) is 10.8 Å². The van der Waals surface area contributed by atoms with Gasteiger partial charge in [-0.05, 0) is 55.4 Å². The van der Waals surface area contributed by atoms with E-state index in [0.29, 0.717) is 12.1 Å². The summed E-state index contributed by atoms with van der Waals surface area (Å²) in [6.07, 6.45) is 4.74. The maximum Gasteiger partial charge on any atom is 0.192 e. The van der Waals surface area contributed by atoms with Crippen LogP contribution in [0.3, 0.4) is 0 Å². The van der Waals surface area contributed by atoms with Gasteiger partial charge in [-0.3, -0.25) is 4.79 Å². The van der Waals surface area contributed by atoms with Crippen molar-refractivity contribution in [1.29, 1.82) is 0 Å². The first-order valence-corrected chi connectivity index (χ1v) is 14.4. The Balaban J connectivity index is 1.65. The summed E-state index contributed by atoms with van der Waals surface area (Å²) in [7, 11) is -1.71. The van der Waals surface area contributed by atoms with E-state index in [2.05, 4.69) is 57.4 Å². The van der Waals surface area contributed by atoms with Crippen molar-refractivity contribution < 1.29 is 9.22 Å². The number of anilines is 1. The minimum atomic E-state index is -1.71. The summed E-state index contributed by atoms with van der Waals surface area (Å²) in [5, 5.41) is 3.93. The van der Waals surface area contributed by atoms with Crippen LogP contribution in [0.25, 0.3) is 10.4 Å². The molecule has 29 heavy (non-hydrogen) atoms. The predicted octanol–water partition coefficient (Wildman–Crippen LogP) is 7.36. The quantitative estimate of drug-likeness (QED) is 0.385. The molecule has 0 atom stereocenters. The summed E-state index contributed by atoms with van der Waals surface area (Å²) in [6.45, 7) is 13.2. The summed E-state index contributed by atoms with van der Waals surface area (Å²) < 4.78 is 6.62. The number of carbonyl (C=O) groups excluding carboxylic acids is 1. The molecule has 3 rings (SSSR count). The average Bonchev–Trinajstić information content (AvgIpc) is 3.07. The number of ketones is 1. The molecule has 1 N–H and O–H groups in total. The van der Waals surface area contributed by atoms with Crippen LogP contribution >= 0.6 is 11.3 Å². The first-order valence-electron chi connectivity index (χ1n) is 10.7. The molecule has 1 heterocycles. The van der Waals surface area contributed by atoms with Crippen LogP contribution in [0.1, 0.15) is 63.0 Å². The highest BCUT2D eigenvalue weighted by molar-refractivity contribution is 7.18.